The molecule has 3 N–H and O–H groups in total. The van der Waals surface area contributed by atoms with Crippen molar-refractivity contribution in [2.45, 2.75) is 44.7 Å². The fraction of sp³-hybridized carbons (Fsp3) is 0.571. The molecule has 0 atom stereocenters. The van der Waals surface area contributed by atoms with Crippen molar-refractivity contribution in [3.05, 3.63) is 28.5 Å². The lowest BCUT2D eigenvalue weighted by atomic mass is 9.49. The SMILES string of the molecule is CC1(C)C(N)C(C)(C)C1NS(=O)(=O)c1ccc(Br)c(F)c1. The maximum Gasteiger partial charge on any atom is 0.240 e. The summed E-state index contributed by atoms with van der Waals surface area (Å²) in [7, 11) is -3.79. The van der Waals surface area contributed by atoms with Crippen LogP contribution in [0.25, 0.3) is 0 Å². The van der Waals surface area contributed by atoms with Gasteiger partial charge in [-0.3, -0.25) is 0 Å². The van der Waals surface area contributed by atoms with E-state index in [1.54, 1.807) is 0 Å². The predicted molar refractivity (Wildman–Crippen MR) is 83.7 cm³/mol. The molecule has 0 amide bonds. The van der Waals surface area contributed by atoms with Gasteiger partial charge in [0.2, 0.25) is 10.0 Å². The number of sulfonamides is 1. The van der Waals surface area contributed by atoms with Crippen molar-refractivity contribution >= 4 is 26.0 Å². The van der Waals surface area contributed by atoms with Crippen molar-refractivity contribution in [3.8, 4) is 0 Å². The molecule has 1 aliphatic rings. The van der Waals surface area contributed by atoms with Crippen LogP contribution >= 0.6 is 15.9 Å². The van der Waals surface area contributed by atoms with Gasteiger partial charge in [-0.15, -0.1) is 0 Å². The zero-order valence-electron chi connectivity index (χ0n) is 12.4. The molecule has 118 valence electrons. The van der Waals surface area contributed by atoms with Crippen molar-refractivity contribution < 1.29 is 12.8 Å². The molecule has 0 saturated heterocycles. The Morgan fingerprint density at radius 1 is 1.24 bits per heavy atom. The molecule has 1 saturated carbocycles. The summed E-state index contributed by atoms with van der Waals surface area (Å²) in [6, 6.07) is 3.34. The fourth-order valence-corrected chi connectivity index (χ4v) is 5.16. The Hall–Kier alpha value is -0.500. The van der Waals surface area contributed by atoms with Crippen LogP contribution in [0.1, 0.15) is 27.7 Å². The number of nitrogens with two attached hydrogens (primary N) is 1. The molecular weight excluding hydrogens is 359 g/mol. The van der Waals surface area contributed by atoms with Gasteiger partial charge in [0.25, 0.3) is 0 Å². The molecule has 4 nitrogen and oxygen atoms in total. The van der Waals surface area contributed by atoms with Gasteiger partial charge in [0.1, 0.15) is 5.82 Å². The number of hydrogen-bond acceptors (Lipinski definition) is 3. The summed E-state index contributed by atoms with van der Waals surface area (Å²) in [5.41, 5.74) is 5.41. The zero-order chi connectivity index (χ0) is 16.2. The first-order valence-corrected chi connectivity index (χ1v) is 8.91. The number of benzene rings is 1. The number of hydrogen-bond donors (Lipinski definition) is 2. The monoisotopic (exact) mass is 378 g/mol. The molecule has 7 heteroatoms. The first-order valence-electron chi connectivity index (χ1n) is 6.63. The predicted octanol–water partition coefficient (Wildman–Crippen LogP) is 2.63. The first-order chi connectivity index (χ1) is 9.40. The number of halogens is 2. The lowest BCUT2D eigenvalue weighted by Crippen LogP contribution is -2.75. The molecule has 1 aromatic rings. The molecular formula is C14H20BrFN2O2S. The van der Waals surface area contributed by atoms with E-state index in [9.17, 15) is 12.8 Å². The van der Waals surface area contributed by atoms with Crippen molar-refractivity contribution in [3.63, 3.8) is 0 Å². The summed E-state index contributed by atoms with van der Waals surface area (Å²) in [6.07, 6.45) is 0. The molecule has 0 aliphatic heterocycles. The minimum Gasteiger partial charge on any atom is -0.327 e. The number of nitrogens with one attached hydrogen (secondary N) is 1. The average Bonchev–Trinajstić information content (AvgIpc) is 2.38. The molecule has 0 heterocycles. The van der Waals surface area contributed by atoms with E-state index in [2.05, 4.69) is 20.7 Å². The van der Waals surface area contributed by atoms with E-state index in [-0.39, 0.29) is 32.3 Å². The molecule has 2 rings (SSSR count). The van der Waals surface area contributed by atoms with Crippen LogP contribution in [0.4, 0.5) is 4.39 Å². The highest BCUT2D eigenvalue weighted by atomic mass is 79.9. The van der Waals surface area contributed by atoms with Crippen LogP contribution in [0, 0.1) is 16.6 Å². The summed E-state index contributed by atoms with van der Waals surface area (Å²) in [4.78, 5) is -0.0877. The van der Waals surface area contributed by atoms with Gasteiger partial charge in [-0.05, 0) is 45.0 Å². The smallest absolute Gasteiger partial charge is 0.240 e. The third-order valence-corrected chi connectivity index (χ3v) is 6.63. The molecule has 21 heavy (non-hydrogen) atoms. The summed E-state index contributed by atoms with van der Waals surface area (Å²) in [5, 5.41) is 0. The molecule has 0 bridgehead atoms. The molecule has 1 aliphatic carbocycles. The molecule has 1 fully saturated rings. The minimum absolute atomic E-state index is 0.0877. The second-order valence-electron chi connectivity index (χ2n) is 6.75. The van der Waals surface area contributed by atoms with E-state index in [0.29, 0.717) is 0 Å². The van der Waals surface area contributed by atoms with Gasteiger partial charge < -0.3 is 5.73 Å². The van der Waals surface area contributed by atoms with Crippen LogP contribution in [0.5, 0.6) is 0 Å². The Labute approximate surface area is 133 Å². The fourth-order valence-electron chi connectivity index (χ4n) is 3.35. The zero-order valence-corrected chi connectivity index (χ0v) is 14.8. The third-order valence-electron chi connectivity index (χ3n) is 4.57. The van der Waals surface area contributed by atoms with Crippen molar-refractivity contribution in [1.82, 2.24) is 4.72 Å². The largest absolute Gasteiger partial charge is 0.327 e. The van der Waals surface area contributed by atoms with E-state index < -0.39 is 15.8 Å². The van der Waals surface area contributed by atoms with Crippen LogP contribution in [-0.4, -0.2) is 20.5 Å². The van der Waals surface area contributed by atoms with Crippen LogP contribution in [-0.2, 0) is 10.0 Å². The van der Waals surface area contributed by atoms with Gasteiger partial charge in [0.15, 0.2) is 0 Å². The van der Waals surface area contributed by atoms with Crippen molar-refractivity contribution in [2.24, 2.45) is 16.6 Å². The van der Waals surface area contributed by atoms with Crippen LogP contribution < -0.4 is 10.5 Å². The normalized spacial score (nSPS) is 27.2. The van der Waals surface area contributed by atoms with Crippen LogP contribution in [0.2, 0.25) is 0 Å². The topological polar surface area (TPSA) is 72.2 Å². The Morgan fingerprint density at radius 3 is 2.24 bits per heavy atom. The van der Waals surface area contributed by atoms with Gasteiger partial charge in [0, 0.05) is 12.1 Å². The lowest BCUT2D eigenvalue weighted by Gasteiger charge is -2.62. The van der Waals surface area contributed by atoms with E-state index in [0.717, 1.165) is 6.07 Å². The minimum atomic E-state index is -3.79. The van der Waals surface area contributed by atoms with E-state index >= 15 is 0 Å². The Bertz CT molecular complexity index is 658. The van der Waals surface area contributed by atoms with Crippen LogP contribution in [0.3, 0.4) is 0 Å². The quantitative estimate of drug-likeness (QED) is 0.848. The Kier molecular flexibility index (Phi) is 4.02. The first kappa shape index (κ1) is 16.9. The van der Waals surface area contributed by atoms with Crippen LogP contribution in [0.15, 0.2) is 27.6 Å². The molecule has 0 aromatic heterocycles. The summed E-state index contributed by atoms with van der Waals surface area (Å²) < 4.78 is 41.4. The van der Waals surface area contributed by atoms with Gasteiger partial charge in [0.05, 0.1) is 9.37 Å². The molecule has 1 aromatic carbocycles. The van der Waals surface area contributed by atoms with Gasteiger partial charge in [-0.1, -0.05) is 27.7 Å². The summed E-state index contributed by atoms with van der Waals surface area (Å²) in [5.74, 6) is -0.610. The highest BCUT2D eigenvalue weighted by molar-refractivity contribution is 9.10. The van der Waals surface area contributed by atoms with Crippen molar-refractivity contribution in [1.29, 1.82) is 0 Å². The average molecular weight is 379 g/mol. The van der Waals surface area contributed by atoms with E-state index in [4.69, 9.17) is 5.73 Å². The van der Waals surface area contributed by atoms with Crippen molar-refractivity contribution in [2.75, 3.05) is 0 Å². The van der Waals surface area contributed by atoms with E-state index in [1.165, 1.54) is 12.1 Å². The summed E-state index contributed by atoms with van der Waals surface area (Å²) in [6.45, 7) is 7.72. The van der Waals surface area contributed by atoms with Gasteiger partial charge >= 0.3 is 0 Å². The maximum absolute atomic E-state index is 13.5. The highest BCUT2D eigenvalue weighted by Gasteiger charge is 2.61. The Balaban J connectivity index is 2.32. The molecule has 0 spiro atoms. The molecule has 0 radical (unpaired) electrons. The van der Waals surface area contributed by atoms with Gasteiger partial charge in [-0.25, -0.2) is 17.5 Å². The second kappa shape index (κ2) is 5.01. The highest BCUT2D eigenvalue weighted by Crippen LogP contribution is 2.52. The molecule has 0 unspecified atom stereocenters. The lowest BCUT2D eigenvalue weighted by molar-refractivity contribution is -0.0593. The Morgan fingerprint density at radius 2 is 1.76 bits per heavy atom. The third kappa shape index (κ3) is 2.65. The summed E-state index contributed by atoms with van der Waals surface area (Å²) >= 11 is 3.01. The standard InChI is InChI=1S/C14H20BrFN2O2S/c1-13(2)11(17)14(3,4)12(13)18-21(19,20)8-5-6-9(15)10(16)7-8/h5-7,11-12,18H,17H2,1-4H3. The van der Waals surface area contributed by atoms with E-state index in [1.807, 2.05) is 27.7 Å². The maximum atomic E-state index is 13.5. The second-order valence-corrected chi connectivity index (χ2v) is 9.32. The number of rotatable bonds is 3. The van der Waals surface area contributed by atoms with Gasteiger partial charge in [-0.2, -0.15) is 0 Å².